The summed E-state index contributed by atoms with van der Waals surface area (Å²) in [5, 5.41) is 9.09. The Morgan fingerprint density at radius 1 is 1.31 bits per heavy atom. The van der Waals surface area contributed by atoms with Gasteiger partial charge in [0.25, 0.3) is 0 Å². The number of fused-ring (bicyclic) bond motifs is 1. The van der Waals surface area contributed by atoms with E-state index in [0.29, 0.717) is 13.2 Å². The van der Waals surface area contributed by atoms with E-state index in [-0.39, 0.29) is 5.92 Å². The third-order valence-electron chi connectivity index (χ3n) is 2.70. The van der Waals surface area contributed by atoms with Gasteiger partial charge in [-0.3, -0.25) is 0 Å². The zero-order valence-corrected chi connectivity index (χ0v) is 9.40. The molecule has 3 nitrogen and oxygen atoms in total. The Morgan fingerprint density at radius 3 is 2.75 bits per heavy atom. The normalized spacial score (nSPS) is 15.2. The molecule has 16 heavy (non-hydrogen) atoms. The molecule has 1 heterocycles. The van der Waals surface area contributed by atoms with Crippen LogP contribution in [0.5, 0.6) is 11.5 Å². The number of hydrogen-bond donors (Lipinski definition) is 0. The van der Waals surface area contributed by atoms with E-state index in [0.717, 1.165) is 29.9 Å². The van der Waals surface area contributed by atoms with Gasteiger partial charge in [0.2, 0.25) is 0 Å². The maximum absolute atomic E-state index is 9.09. The fourth-order valence-corrected chi connectivity index (χ4v) is 1.87. The third kappa shape index (κ3) is 2.11. The molecule has 0 fully saturated rings. The maximum atomic E-state index is 9.09. The van der Waals surface area contributed by atoms with Gasteiger partial charge < -0.3 is 9.47 Å². The maximum Gasteiger partial charge on any atom is 0.161 e. The largest absolute Gasteiger partial charge is 0.486 e. The molecule has 1 aliphatic heterocycles. The van der Waals surface area contributed by atoms with Crippen molar-refractivity contribution in [2.24, 2.45) is 0 Å². The Labute approximate surface area is 95.6 Å². The Balaban J connectivity index is 2.25. The highest BCUT2D eigenvalue weighted by Gasteiger charge is 2.15. The second-order valence-corrected chi connectivity index (χ2v) is 3.87. The van der Waals surface area contributed by atoms with Gasteiger partial charge in [0.15, 0.2) is 11.5 Å². The Bertz CT molecular complexity index is 409. The Kier molecular flexibility index (Phi) is 3.31. The fourth-order valence-electron chi connectivity index (χ4n) is 1.87. The summed E-state index contributed by atoms with van der Waals surface area (Å²) in [7, 11) is 0. The van der Waals surface area contributed by atoms with Crippen LogP contribution in [-0.4, -0.2) is 13.2 Å². The number of ether oxygens (including phenoxy) is 2. The molecule has 84 valence electrons. The van der Waals surface area contributed by atoms with Gasteiger partial charge in [-0.25, -0.2) is 0 Å². The van der Waals surface area contributed by atoms with Crippen molar-refractivity contribution in [1.82, 2.24) is 0 Å². The van der Waals surface area contributed by atoms with Gasteiger partial charge in [-0.2, -0.15) is 5.26 Å². The average molecular weight is 217 g/mol. The molecular weight excluding hydrogens is 202 g/mol. The summed E-state index contributed by atoms with van der Waals surface area (Å²) in [6.07, 6.45) is 1.89. The smallest absolute Gasteiger partial charge is 0.161 e. The van der Waals surface area contributed by atoms with Crippen LogP contribution in [0.4, 0.5) is 0 Å². The lowest BCUT2D eigenvalue weighted by Crippen LogP contribution is -2.15. The van der Waals surface area contributed by atoms with E-state index < -0.39 is 0 Å². The molecule has 0 radical (unpaired) electrons. The molecule has 0 aromatic heterocycles. The molecule has 1 aliphatic rings. The summed E-state index contributed by atoms with van der Waals surface area (Å²) < 4.78 is 10.9. The number of benzene rings is 1. The summed E-state index contributed by atoms with van der Waals surface area (Å²) in [6.45, 7) is 3.27. The molecule has 0 bridgehead atoms. The first kappa shape index (κ1) is 10.8. The SMILES string of the molecule is CCCC(C#N)c1ccc2c(c1)OCCO2. The van der Waals surface area contributed by atoms with Gasteiger partial charge in [0.1, 0.15) is 13.2 Å². The van der Waals surface area contributed by atoms with Crippen molar-refractivity contribution >= 4 is 0 Å². The van der Waals surface area contributed by atoms with Gasteiger partial charge in [-0.15, -0.1) is 0 Å². The average Bonchev–Trinajstić information content (AvgIpc) is 2.35. The first-order valence-corrected chi connectivity index (χ1v) is 5.64. The summed E-state index contributed by atoms with van der Waals surface area (Å²) in [5.41, 5.74) is 1.02. The van der Waals surface area contributed by atoms with Crippen LogP contribution in [0.2, 0.25) is 0 Å². The van der Waals surface area contributed by atoms with Crippen molar-refractivity contribution < 1.29 is 9.47 Å². The summed E-state index contributed by atoms with van der Waals surface area (Å²) in [4.78, 5) is 0. The number of nitriles is 1. The standard InChI is InChI=1S/C13H15NO2/c1-2-3-11(9-14)10-4-5-12-13(8-10)16-7-6-15-12/h4-5,8,11H,2-3,6-7H2,1H3. The van der Waals surface area contributed by atoms with Gasteiger partial charge in [-0.1, -0.05) is 19.4 Å². The summed E-state index contributed by atoms with van der Waals surface area (Å²) >= 11 is 0. The van der Waals surface area contributed by atoms with Crippen LogP contribution in [0.25, 0.3) is 0 Å². The fraction of sp³-hybridized carbons (Fsp3) is 0.462. The first-order chi connectivity index (χ1) is 7.85. The van der Waals surface area contributed by atoms with Crippen LogP contribution in [0.1, 0.15) is 31.2 Å². The predicted molar refractivity (Wildman–Crippen MR) is 60.7 cm³/mol. The lowest BCUT2D eigenvalue weighted by atomic mass is 9.95. The summed E-state index contributed by atoms with van der Waals surface area (Å²) in [5.74, 6) is 1.50. The van der Waals surface area contributed by atoms with Crippen LogP contribution in [-0.2, 0) is 0 Å². The highest BCUT2D eigenvalue weighted by molar-refractivity contribution is 5.45. The molecule has 1 aromatic carbocycles. The zero-order chi connectivity index (χ0) is 11.4. The van der Waals surface area contributed by atoms with Crippen molar-refractivity contribution in [2.75, 3.05) is 13.2 Å². The quantitative estimate of drug-likeness (QED) is 0.781. The Morgan fingerprint density at radius 2 is 2.06 bits per heavy atom. The minimum absolute atomic E-state index is 0.0409. The van der Waals surface area contributed by atoms with Gasteiger partial charge >= 0.3 is 0 Å². The van der Waals surface area contributed by atoms with E-state index in [9.17, 15) is 0 Å². The van der Waals surface area contributed by atoms with Crippen LogP contribution < -0.4 is 9.47 Å². The van der Waals surface area contributed by atoms with E-state index >= 15 is 0 Å². The van der Waals surface area contributed by atoms with E-state index in [2.05, 4.69) is 13.0 Å². The van der Waals surface area contributed by atoms with E-state index in [1.54, 1.807) is 0 Å². The first-order valence-electron chi connectivity index (χ1n) is 5.64. The topological polar surface area (TPSA) is 42.2 Å². The lowest BCUT2D eigenvalue weighted by Gasteiger charge is -2.19. The minimum atomic E-state index is -0.0409. The van der Waals surface area contributed by atoms with Crippen LogP contribution in [0.15, 0.2) is 18.2 Å². The molecule has 1 aromatic rings. The highest BCUT2D eigenvalue weighted by Crippen LogP contribution is 2.34. The van der Waals surface area contributed by atoms with E-state index in [1.807, 2.05) is 18.2 Å². The number of hydrogen-bond acceptors (Lipinski definition) is 3. The molecule has 3 heteroatoms. The molecule has 0 saturated heterocycles. The number of nitrogens with zero attached hydrogens (tertiary/aromatic N) is 1. The molecule has 0 saturated carbocycles. The van der Waals surface area contributed by atoms with Gasteiger partial charge in [0, 0.05) is 0 Å². The van der Waals surface area contributed by atoms with Crippen molar-refractivity contribution in [3.8, 4) is 17.6 Å². The van der Waals surface area contributed by atoms with E-state index in [4.69, 9.17) is 14.7 Å². The van der Waals surface area contributed by atoms with Crippen molar-refractivity contribution in [1.29, 1.82) is 5.26 Å². The molecule has 1 atom stereocenters. The second-order valence-electron chi connectivity index (χ2n) is 3.87. The molecule has 2 rings (SSSR count). The molecule has 0 amide bonds. The van der Waals surface area contributed by atoms with E-state index in [1.165, 1.54) is 0 Å². The van der Waals surface area contributed by atoms with Crippen LogP contribution in [0, 0.1) is 11.3 Å². The number of rotatable bonds is 3. The van der Waals surface area contributed by atoms with Crippen LogP contribution >= 0.6 is 0 Å². The monoisotopic (exact) mass is 217 g/mol. The Hall–Kier alpha value is -1.69. The van der Waals surface area contributed by atoms with Crippen LogP contribution in [0.3, 0.4) is 0 Å². The van der Waals surface area contributed by atoms with Gasteiger partial charge in [-0.05, 0) is 24.1 Å². The zero-order valence-electron chi connectivity index (χ0n) is 9.40. The molecule has 0 aliphatic carbocycles. The summed E-state index contributed by atoms with van der Waals surface area (Å²) in [6, 6.07) is 8.11. The predicted octanol–water partition coefficient (Wildman–Crippen LogP) is 2.87. The van der Waals surface area contributed by atoms with Crippen molar-refractivity contribution in [2.45, 2.75) is 25.7 Å². The molecule has 0 N–H and O–H groups in total. The minimum Gasteiger partial charge on any atom is -0.486 e. The molecule has 0 spiro atoms. The van der Waals surface area contributed by atoms with Crippen molar-refractivity contribution in [3.05, 3.63) is 23.8 Å². The second kappa shape index (κ2) is 4.89. The lowest BCUT2D eigenvalue weighted by molar-refractivity contribution is 0.171. The molecule has 1 unspecified atom stereocenters. The third-order valence-corrected chi connectivity index (χ3v) is 2.70. The molecular formula is C13H15NO2. The van der Waals surface area contributed by atoms with Gasteiger partial charge in [0.05, 0.1) is 12.0 Å². The highest BCUT2D eigenvalue weighted by atomic mass is 16.6. The van der Waals surface area contributed by atoms with Crippen molar-refractivity contribution in [3.63, 3.8) is 0 Å².